The van der Waals surface area contributed by atoms with Gasteiger partial charge in [0.1, 0.15) is 11.3 Å². The van der Waals surface area contributed by atoms with E-state index in [2.05, 4.69) is 51.2 Å². The van der Waals surface area contributed by atoms with Gasteiger partial charge in [-0.05, 0) is 37.5 Å². The summed E-state index contributed by atoms with van der Waals surface area (Å²) in [6, 6.07) is 9.88. The van der Waals surface area contributed by atoms with Crippen molar-refractivity contribution in [3.63, 3.8) is 0 Å². The van der Waals surface area contributed by atoms with Crippen LogP contribution < -0.4 is 5.32 Å². The number of pyridine rings is 1. The van der Waals surface area contributed by atoms with E-state index in [0.717, 1.165) is 24.0 Å². The number of aromatic nitrogens is 6. The average molecular weight is 430 g/mol. The molecule has 4 heterocycles. The molecule has 8 heteroatoms. The summed E-state index contributed by atoms with van der Waals surface area (Å²) in [5.74, 6) is 0.635. The highest BCUT2D eigenvalue weighted by Gasteiger charge is 2.17. The van der Waals surface area contributed by atoms with E-state index in [9.17, 15) is 4.39 Å². The van der Waals surface area contributed by atoms with Crippen LogP contribution >= 0.6 is 0 Å². The van der Waals surface area contributed by atoms with E-state index in [1.165, 1.54) is 23.2 Å². The molecule has 0 saturated heterocycles. The highest BCUT2D eigenvalue weighted by Crippen LogP contribution is 2.27. The number of hydrogen-bond donors (Lipinski definition) is 2. The molecule has 7 nitrogen and oxygen atoms in total. The molecule has 0 aliphatic heterocycles. The lowest BCUT2D eigenvalue weighted by Crippen LogP contribution is -2.09. The third-order valence-corrected chi connectivity index (χ3v) is 5.81. The lowest BCUT2D eigenvalue weighted by atomic mass is 10.1. The van der Waals surface area contributed by atoms with E-state index < -0.39 is 5.82 Å². The van der Waals surface area contributed by atoms with E-state index >= 15 is 0 Å². The Bertz CT molecular complexity index is 1390. The Labute approximate surface area is 184 Å². The van der Waals surface area contributed by atoms with E-state index in [1.54, 1.807) is 12.5 Å². The van der Waals surface area contributed by atoms with Gasteiger partial charge in [0.15, 0.2) is 17.3 Å². The quantitative estimate of drug-likeness (QED) is 0.374. The van der Waals surface area contributed by atoms with Gasteiger partial charge in [0.2, 0.25) is 0 Å². The molecule has 0 radical (unpaired) electrons. The molecule has 162 valence electrons. The topological polar surface area (TPSA) is 84.3 Å². The normalized spacial score (nSPS) is 12.5. The fourth-order valence-corrected chi connectivity index (χ4v) is 3.88. The molecule has 0 spiro atoms. The van der Waals surface area contributed by atoms with Gasteiger partial charge in [-0.15, -0.1) is 0 Å². The zero-order valence-electron chi connectivity index (χ0n) is 18.0. The first-order chi connectivity index (χ1) is 15.6. The van der Waals surface area contributed by atoms with Crippen molar-refractivity contribution in [3.05, 3.63) is 66.6 Å². The van der Waals surface area contributed by atoms with Gasteiger partial charge >= 0.3 is 0 Å². The predicted molar refractivity (Wildman–Crippen MR) is 124 cm³/mol. The predicted octanol–water partition coefficient (Wildman–Crippen LogP) is 5.13. The van der Waals surface area contributed by atoms with Gasteiger partial charge in [0.25, 0.3) is 0 Å². The number of H-pyrrole nitrogens is 1. The van der Waals surface area contributed by atoms with Gasteiger partial charge in [-0.1, -0.05) is 25.1 Å². The Morgan fingerprint density at radius 2 is 2.06 bits per heavy atom. The second-order valence-corrected chi connectivity index (χ2v) is 7.91. The maximum atomic E-state index is 13.8. The monoisotopic (exact) mass is 429 g/mol. The Kier molecular flexibility index (Phi) is 5.26. The molecule has 1 unspecified atom stereocenters. The van der Waals surface area contributed by atoms with Crippen molar-refractivity contribution in [2.45, 2.75) is 32.7 Å². The molecule has 32 heavy (non-hydrogen) atoms. The molecule has 0 bridgehead atoms. The summed E-state index contributed by atoms with van der Waals surface area (Å²) in [5, 5.41) is 4.65. The first-order valence-corrected chi connectivity index (χ1v) is 10.8. The minimum atomic E-state index is -0.421. The summed E-state index contributed by atoms with van der Waals surface area (Å²) in [5.41, 5.74) is 4.32. The van der Waals surface area contributed by atoms with Crippen LogP contribution in [0.3, 0.4) is 0 Å². The molecule has 0 aliphatic rings. The van der Waals surface area contributed by atoms with Crippen LogP contribution in [-0.4, -0.2) is 36.0 Å². The molecule has 2 N–H and O–H groups in total. The van der Waals surface area contributed by atoms with Crippen LogP contribution in [0.1, 0.15) is 31.9 Å². The molecule has 0 fully saturated rings. The number of nitrogens with one attached hydrogen (secondary N) is 2. The van der Waals surface area contributed by atoms with Crippen molar-refractivity contribution >= 4 is 27.9 Å². The number of anilines is 1. The maximum absolute atomic E-state index is 13.8. The molecule has 0 saturated carbocycles. The zero-order valence-corrected chi connectivity index (χ0v) is 18.0. The summed E-state index contributed by atoms with van der Waals surface area (Å²) >= 11 is 0. The standard InChI is InChI=1S/C24H24FN7/c1-3-15(2)32-14-29-21-23(27-9-8-16-12-28-20-7-5-4-6-19(16)20)30-22(31-24(21)32)17-10-18(25)13-26-11-17/h4-7,10-15,28H,3,8-9H2,1-2H3,(H,27,30,31). The van der Waals surface area contributed by atoms with Crippen LogP contribution in [0, 0.1) is 5.82 Å². The first-order valence-electron chi connectivity index (χ1n) is 10.8. The summed E-state index contributed by atoms with van der Waals surface area (Å²) in [4.78, 5) is 21.2. The molecule has 5 rings (SSSR count). The van der Waals surface area contributed by atoms with E-state index in [4.69, 9.17) is 4.98 Å². The van der Waals surface area contributed by atoms with Crippen molar-refractivity contribution in [3.8, 4) is 11.4 Å². The minimum Gasteiger partial charge on any atom is -0.368 e. The van der Waals surface area contributed by atoms with Crippen molar-refractivity contribution in [1.29, 1.82) is 0 Å². The van der Waals surface area contributed by atoms with Gasteiger partial charge in [-0.2, -0.15) is 0 Å². The zero-order chi connectivity index (χ0) is 22.1. The van der Waals surface area contributed by atoms with E-state index in [-0.39, 0.29) is 6.04 Å². The minimum absolute atomic E-state index is 0.229. The lowest BCUT2D eigenvalue weighted by Gasteiger charge is -2.13. The summed E-state index contributed by atoms with van der Waals surface area (Å²) in [6.45, 7) is 4.91. The number of aromatic amines is 1. The summed E-state index contributed by atoms with van der Waals surface area (Å²) < 4.78 is 15.8. The maximum Gasteiger partial charge on any atom is 0.166 e. The van der Waals surface area contributed by atoms with Crippen molar-refractivity contribution < 1.29 is 4.39 Å². The van der Waals surface area contributed by atoms with Gasteiger partial charge < -0.3 is 14.9 Å². The smallest absolute Gasteiger partial charge is 0.166 e. The van der Waals surface area contributed by atoms with Gasteiger partial charge in [0, 0.05) is 41.4 Å². The van der Waals surface area contributed by atoms with Crippen LogP contribution in [0.25, 0.3) is 33.5 Å². The second kappa shape index (κ2) is 8.37. The SMILES string of the molecule is CCC(C)n1cnc2c(NCCc3c[nH]c4ccccc34)nc(-c3cncc(F)c3)nc21. The number of fused-ring (bicyclic) bond motifs is 2. The third-order valence-electron chi connectivity index (χ3n) is 5.81. The van der Waals surface area contributed by atoms with Crippen molar-refractivity contribution in [2.75, 3.05) is 11.9 Å². The van der Waals surface area contributed by atoms with Gasteiger partial charge in [0.05, 0.1) is 12.5 Å². The number of hydrogen-bond acceptors (Lipinski definition) is 5. The van der Waals surface area contributed by atoms with Crippen LogP contribution in [0.5, 0.6) is 0 Å². The third kappa shape index (κ3) is 3.68. The summed E-state index contributed by atoms with van der Waals surface area (Å²) in [6.07, 6.45) is 8.35. The number of halogens is 1. The van der Waals surface area contributed by atoms with E-state index in [0.29, 0.717) is 29.3 Å². The van der Waals surface area contributed by atoms with Gasteiger partial charge in [-0.3, -0.25) is 4.98 Å². The highest BCUT2D eigenvalue weighted by molar-refractivity contribution is 5.85. The summed E-state index contributed by atoms with van der Waals surface area (Å²) in [7, 11) is 0. The Balaban J connectivity index is 1.50. The fourth-order valence-electron chi connectivity index (χ4n) is 3.88. The molecular formula is C24H24FN7. The highest BCUT2D eigenvalue weighted by atomic mass is 19.1. The molecule has 1 aromatic carbocycles. The number of para-hydroxylation sites is 1. The molecular weight excluding hydrogens is 405 g/mol. The second-order valence-electron chi connectivity index (χ2n) is 7.91. The molecule has 0 amide bonds. The largest absolute Gasteiger partial charge is 0.368 e. The van der Waals surface area contributed by atoms with Crippen molar-refractivity contribution in [2.24, 2.45) is 0 Å². The Morgan fingerprint density at radius 3 is 2.91 bits per heavy atom. The molecule has 1 atom stereocenters. The molecule has 4 aromatic heterocycles. The van der Waals surface area contributed by atoms with Crippen LogP contribution in [0.2, 0.25) is 0 Å². The number of benzene rings is 1. The Morgan fingerprint density at radius 1 is 1.19 bits per heavy atom. The lowest BCUT2D eigenvalue weighted by molar-refractivity contribution is 0.541. The number of nitrogens with zero attached hydrogens (tertiary/aromatic N) is 5. The molecule has 5 aromatic rings. The van der Waals surface area contributed by atoms with Crippen LogP contribution in [-0.2, 0) is 6.42 Å². The first kappa shape index (κ1) is 20.1. The van der Waals surface area contributed by atoms with Crippen LogP contribution in [0.4, 0.5) is 10.2 Å². The Hall–Kier alpha value is -3.81. The average Bonchev–Trinajstić information content (AvgIpc) is 3.43. The van der Waals surface area contributed by atoms with Gasteiger partial charge in [-0.25, -0.2) is 19.3 Å². The molecule has 0 aliphatic carbocycles. The van der Waals surface area contributed by atoms with Crippen molar-refractivity contribution in [1.82, 2.24) is 29.5 Å². The van der Waals surface area contributed by atoms with E-state index in [1.807, 2.05) is 22.9 Å². The van der Waals surface area contributed by atoms with Crippen LogP contribution in [0.15, 0.2) is 55.2 Å². The number of imidazole rings is 1. The number of rotatable bonds is 7. The fraction of sp³-hybridized carbons (Fsp3) is 0.250.